The fraction of sp³-hybridized carbons (Fsp3) is 0.222. The van der Waals surface area contributed by atoms with E-state index in [0.717, 1.165) is 6.54 Å². The van der Waals surface area contributed by atoms with Gasteiger partial charge in [-0.2, -0.15) is 0 Å². The summed E-state index contributed by atoms with van der Waals surface area (Å²) in [5, 5.41) is 2.33. The average Bonchev–Trinajstić information content (AvgIpc) is 2.57. The predicted octanol–water partition coefficient (Wildman–Crippen LogP) is 3.00. The zero-order valence-electron chi connectivity index (χ0n) is 12.8. The lowest BCUT2D eigenvalue weighted by Crippen LogP contribution is -2.30. The standard InChI is InChI=1S/C14H11NO2.C4H11N/c16-13(11-7-3-1-4-8-11)15-14(17)12-9-5-2-6-10-12;1-2-3-4-5/h1-10H,(H,15,16,17);2-5H2,1H3. The summed E-state index contributed by atoms with van der Waals surface area (Å²) in [6.45, 7) is 2.98. The molecule has 0 atom stereocenters. The third-order valence-electron chi connectivity index (χ3n) is 2.86. The van der Waals surface area contributed by atoms with Gasteiger partial charge >= 0.3 is 0 Å². The summed E-state index contributed by atoms with van der Waals surface area (Å²) in [5.41, 5.74) is 6.08. The molecule has 0 saturated heterocycles. The van der Waals surface area contributed by atoms with Gasteiger partial charge in [0.1, 0.15) is 0 Å². The molecule has 2 rings (SSSR count). The molecule has 4 nitrogen and oxygen atoms in total. The number of nitrogens with one attached hydrogen (secondary N) is 1. The maximum atomic E-state index is 11.7. The third kappa shape index (κ3) is 6.33. The Morgan fingerprint density at radius 1 is 0.864 bits per heavy atom. The van der Waals surface area contributed by atoms with Crippen molar-refractivity contribution in [1.82, 2.24) is 5.32 Å². The molecule has 0 fully saturated rings. The van der Waals surface area contributed by atoms with Crippen molar-refractivity contribution in [3.8, 4) is 0 Å². The van der Waals surface area contributed by atoms with Crippen molar-refractivity contribution in [1.29, 1.82) is 0 Å². The molecule has 116 valence electrons. The predicted molar refractivity (Wildman–Crippen MR) is 88.6 cm³/mol. The molecule has 0 aliphatic carbocycles. The Kier molecular flexibility index (Phi) is 8.23. The second-order valence-corrected chi connectivity index (χ2v) is 4.66. The van der Waals surface area contributed by atoms with Crippen molar-refractivity contribution < 1.29 is 9.59 Å². The normalized spacial score (nSPS) is 9.36. The highest BCUT2D eigenvalue weighted by molar-refractivity contribution is 6.10. The number of benzene rings is 2. The highest BCUT2D eigenvalue weighted by atomic mass is 16.2. The van der Waals surface area contributed by atoms with Crippen molar-refractivity contribution in [2.75, 3.05) is 6.54 Å². The van der Waals surface area contributed by atoms with Gasteiger partial charge in [0, 0.05) is 11.1 Å². The van der Waals surface area contributed by atoms with Crippen LogP contribution in [0.5, 0.6) is 0 Å². The van der Waals surface area contributed by atoms with Gasteiger partial charge in [-0.3, -0.25) is 14.9 Å². The molecule has 3 N–H and O–H groups in total. The van der Waals surface area contributed by atoms with Crippen molar-refractivity contribution in [3.05, 3.63) is 71.8 Å². The Hall–Kier alpha value is -2.46. The Balaban J connectivity index is 0.000000422. The van der Waals surface area contributed by atoms with Gasteiger partial charge < -0.3 is 5.73 Å². The molecule has 0 unspecified atom stereocenters. The van der Waals surface area contributed by atoms with Crippen molar-refractivity contribution in [2.24, 2.45) is 5.73 Å². The number of carbonyl (C=O) groups is 2. The van der Waals surface area contributed by atoms with Crippen LogP contribution >= 0.6 is 0 Å². The number of imide groups is 1. The van der Waals surface area contributed by atoms with E-state index in [1.165, 1.54) is 12.8 Å². The molecule has 0 bridgehead atoms. The monoisotopic (exact) mass is 298 g/mol. The van der Waals surface area contributed by atoms with E-state index in [0.29, 0.717) is 11.1 Å². The first-order valence-electron chi connectivity index (χ1n) is 7.34. The summed E-state index contributed by atoms with van der Waals surface area (Å²) in [5.74, 6) is -0.779. The van der Waals surface area contributed by atoms with Crippen LogP contribution in [0.25, 0.3) is 0 Å². The van der Waals surface area contributed by atoms with Gasteiger partial charge in [-0.15, -0.1) is 0 Å². The number of hydrogen-bond donors (Lipinski definition) is 2. The highest BCUT2D eigenvalue weighted by Crippen LogP contribution is 2.01. The van der Waals surface area contributed by atoms with Crippen LogP contribution in [0.1, 0.15) is 40.5 Å². The Labute approximate surface area is 131 Å². The molecule has 0 aromatic heterocycles. The Morgan fingerprint density at radius 2 is 1.27 bits per heavy atom. The average molecular weight is 298 g/mol. The van der Waals surface area contributed by atoms with Crippen LogP contribution in [-0.2, 0) is 0 Å². The van der Waals surface area contributed by atoms with Crippen molar-refractivity contribution in [2.45, 2.75) is 19.8 Å². The molecule has 0 aliphatic rings. The van der Waals surface area contributed by atoms with E-state index in [9.17, 15) is 9.59 Å². The van der Waals surface area contributed by atoms with Gasteiger partial charge in [0.25, 0.3) is 11.8 Å². The summed E-state index contributed by atoms with van der Waals surface area (Å²) in [4.78, 5) is 23.4. The fourth-order valence-corrected chi connectivity index (χ4v) is 1.63. The summed E-state index contributed by atoms with van der Waals surface area (Å²) >= 11 is 0. The molecule has 0 heterocycles. The molecule has 4 heteroatoms. The minimum absolute atomic E-state index is 0.389. The SMILES string of the molecule is CCCCN.O=C(NC(=O)c1ccccc1)c1ccccc1. The van der Waals surface area contributed by atoms with E-state index in [1.54, 1.807) is 48.5 Å². The van der Waals surface area contributed by atoms with Crippen LogP contribution in [0.15, 0.2) is 60.7 Å². The molecule has 22 heavy (non-hydrogen) atoms. The van der Waals surface area contributed by atoms with Crippen molar-refractivity contribution in [3.63, 3.8) is 0 Å². The molecule has 0 saturated carbocycles. The maximum Gasteiger partial charge on any atom is 0.258 e. The molecule has 0 aliphatic heterocycles. The Morgan fingerprint density at radius 3 is 1.55 bits per heavy atom. The number of hydrogen-bond acceptors (Lipinski definition) is 3. The lowest BCUT2D eigenvalue weighted by atomic mass is 10.2. The zero-order chi connectivity index (χ0) is 16.2. The maximum absolute atomic E-state index is 11.7. The first-order chi connectivity index (χ1) is 10.7. The zero-order valence-corrected chi connectivity index (χ0v) is 12.8. The second-order valence-electron chi connectivity index (χ2n) is 4.66. The summed E-state index contributed by atoms with van der Waals surface area (Å²) in [6, 6.07) is 17.3. The van der Waals surface area contributed by atoms with Gasteiger partial charge in [-0.25, -0.2) is 0 Å². The van der Waals surface area contributed by atoms with Crippen LogP contribution in [-0.4, -0.2) is 18.4 Å². The second kappa shape index (κ2) is 10.3. The first-order valence-corrected chi connectivity index (χ1v) is 7.34. The molecule has 0 spiro atoms. The minimum atomic E-state index is -0.389. The van der Waals surface area contributed by atoms with Crippen LogP contribution < -0.4 is 11.1 Å². The van der Waals surface area contributed by atoms with E-state index >= 15 is 0 Å². The molecule has 0 radical (unpaired) electrons. The molecule has 2 amide bonds. The van der Waals surface area contributed by atoms with Gasteiger partial charge in [0.15, 0.2) is 0 Å². The van der Waals surface area contributed by atoms with Crippen LogP contribution in [0, 0.1) is 0 Å². The number of unbranched alkanes of at least 4 members (excludes halogenated alkanes) is 1. The molecular weight excluding hydrogens is 276 g/mol. The lowest BCUT2D eigenvalue weighted by Gasteiger charge is -2.03. The van der Waals surface area contributed by atoms with Crippen LogP contribution in [0.3, 0.4) is 0 Å². The van der Waals surface area contributed by atoms with E-state index in [2.05, 4.69) is 12.2 Å². The van der Waals surface area contributed by atoms with E-state index < -0.39 is 0 Å². The molecule has 2 aromatic rings. The van der Waals surface area contributed by atoms with Gasteiger partial charge in [-0.05, 0) is 37.2 Å². The number of carbonyl (C=O) groups excluding carboxylic acids is 2. The van der Waals surface area contributed by atoms with Crippen LogP contribution in [0.4, 0.5) is 0 Å². The first kappa shape index (κ1) is 17.6. The van der Waals surface area contributed by atoms with Crippen molar-refractivity contribution >= 4 is 11.8 Å². The van der Waals surface area contributed by atoms with E-state index in [-0.39, 0.29) is 11.8 Å². The topological polar surface area (TPSA) is 72.2 Å². The van der Waals surface area contributed by atoms with Gasteiger partial charge in [0.05, 0.1) is 0 Å². The minimum Gasteiger partial charge on any atom is -0.330 e. The van der Waals surface area contributed by atoms with E-state index in [4.69, 9.17) is 5.73 Å². The smallest absolute Gasteiger partial charge is 0.258 e. The quantitative estimate of drug-likeness (QED) is 0.852. The highest BCUT2D eigenvalue weighted by Gasteiger charge is 2.10. The number of rotatable bonds is 4. The Bertz CT molecular complexity index is 517. The molecular formula is C18H22N2O2. The molecule has 2 aromatic carbocycles. The van der Waals surface area contributed by atoms with Gasteiger partial charge in [-0.1, -0.05) is 49.7 Å². The van der Waals surface area contributed by atoms with Gasteiger partial charge in [0.2, 0.25) is 0 Å². The lowest BCUT2D eigenvalue weighted by molar-refractivity contribution is 0.0849. The summed E-state index contributed by atoms with van der Waals surface area (Å²) < 4.78 is 0. The van der Waals surface area contributed by atoms with E-state index in [1.807, 2.05) is 12.1 Å². The summed E-state index contributed by atoms with van der Waals surface area (Å²) in [7, 11) is 0. The summed E-state index contributed by atoms with van der Waals surface area (Å²) in [6.07, 6.45) is 2.39. The number of amides is 2. The fourth-order valence-electron chi connectivity index (χ4n) is 1.63. The van der Waals surface area contributed by atoms with Crippen LogP contribution in [0.2, 0.25) is 0 Å². The third-order valence-corrected chi connectivity index (χ3v) is 2.86. The number of nitrogens with two attached hydrogens (primary N) is 1. The largest absolute Gasteiger partial charge is 0.330 e.